The van der Waals surface area contributed by atoms with Crippen LogP contribution in [0.3, 0.4) is 0 Å². The molecule has 0 aromatic rings. The van der Waals surface area contributed by atoms with Crippen molar-refractivity contribution in [3.05, 3.63) is 0 Å². The van der Waals surface area contributed by atoms with Gasteiger partial charge in [-0.1, -0.05) is 25.4 Å². The molecule has 1 rings (SSSR count). The van der Waals surface area contributed by atoms with E-state index in [2.05, 4.69) is 17.4 Å². The van der Waals surface area contributed by atoms with Gasteiger partial charge in [-0.25, -0.2) is 0 Å². The molecule has 0 heterocycles. The first-order chi connectivity index (χ1) is 8.10. The number of nitrogens with zero attached hydrogens (tertiary/aromatic N) is 1. The second kappa shape index (κ2) is 6.47. The van der Waals surface area contributed by atoms with Crippen molar-refractivity contribution in [1.82, 2.24) is 5.32 Å². The quantitative estimate of drug-likeness (QED) is 0.272. The van der Waals surface area contributed by atoms with Gasteiger partial charge in [0.05, 0.1) is 5.92 Å². The highest BCUT2D eigenvalue weighted by Gasteiger charge is 2.29. The van der Waals surface area contributed by atoms with Crippen molar-refractivity contribution in [2.24, 2.45) is 28.6 Å². The van der Waals surface area contributed by atoms with Gasteiger partial charge in [0.15, 0.2) is 5.84 Å². The van der Waals surface area contributed by atoms with E-state index >= 15 is 0 Å². The van der Waals surface area contributed by atoms with Crippen molar-refractivity contribution in [2.45, 2.75) is 39.5 Å². The molecule has 5 nitrogen and oxygen atoms in total. The van der Waals surface area contributed by atoms with Crippen molar-refractivity contribution < 1.29 is 10.0 Å². The van der Waals surface area contributed by atoms with Crippen molar-refractivity contribution in [3.63, 3.8) is 0 Å². The molecule has 0 bridgehead atoms. The summed E-state index contributed by atoms with van der Waals surface area (Å²) in [6.07, 6.45) is 3.98. The summed E-state index contributed by atoms with van der Waals surface area (Å²) in [5.74, 6) is 0.659. The largest absolute Gasteiger partial charge is 0.409 e. The number of carbonyl (C=O) groups excluding carboxylic acids is 1. The fourth-order valence-corrected chi connectivity index (χ4v) is 1.99. The molecule has 0 saturated heterocycles. The van der Waals surface area contributed by atoms with Gasteiger partial charge in [0.2, 0.25) is 5.91 Å². The van der Waals surface area contributed by atoms with E-state index in [0.29, 0.717) is 18.9 Å². The Bertz CT molecular complexity index is 287. The number of carbonyl (C=O) groups is 1. The molecule has 1 aliphatic carbocycles. The molecule has 5 heteroatoms. The lowest BCUT2D eigenvalue weighted by atomic mass is 10.0. The zero-order valence-corrected chi connectivity index (χ0v) is 10.6. The number of nitrogens with two attached hydrogens (primary N) is 1. The van der Waals surface area contributed by atoms with E-state index in [9.17, 15) is 4.79 Å². The Morgan fingerprint density at radius 1 is 1.59 bits per heavy atom. The summed E-state index contributed by atoms with van der Waals surface area (Å²) in [7, 11) is 0. The second-order valence-corrected chi connectivity index (χ2v) is 4.93. The van der Waals surface area contributed by atoms with Crippen LogP contribution in [0.1, 0.15) is 39.5 Å². The van der Waals surface area contributed by atoms with Gasteiger partial charge in [-0.05, 0) is 31.1 Å². The third-order valence-corrected chi connectivity index (χ3v) is 3.39. The van der Waals surface area contributed by atoms with Crippen LogP contribution in [0.5, 0.6) is 0 Å². The monoisotopic (exact) mass is 241 g/mol. The third-order valence-electron chi connectivity index (χ3n) is 3.39. The van der Waals surface area contributed by atoms with Gasteiger partial charge in [0.1, 0.15) is 0 Å². The molecule has 0 aliphatic heterocycles. The smallest absolute Gasteiger partial charge is 0.230 e. The van der Waals surface area contributed by atoms with Gasteiger partial charge in [-0.2, -0.15) is 0 Å². The third kappa shape index (κ3) is 4.24. The molecule has 4 N–H and O–H groups in total. The molecule has 0 aromatic carbocycles. The molecule has 98 valence electrons. The number of hydrogen-bond acceptors (Lipinski definition) is 3. The Balaban J connectivity index is 2.41. The van der Waals surface area contributed by atoms with Crippen LogP contribution in [0.15, 0.2) is 5.16 Å². The van der Waals surface area contributed by atoms with Crippen LogP contribution < -0.4 is 11.1 Å². The summed E-state index contributed by atoms with van der Waals surface area (Å²) in [5, 5.41) is 14.5. The molecule has 0 radical (unpaired) electrons. The van der Waals surface area contributed by atoms with E-state index in [1.165, 1.54) is 12.8 Å². The van der Waals surface area contributed by atoms with Crippen LogP contribution in [0.2, 0.25) is 0 Å². The highest BCUT2D eigenvalue weighted by Crippen LogP contribution is 2.36. The van der Waals surface area contributed by atoms with Crippen molar-refractivity contribution >= 4 is 11.7 Å². The lowest BCUT2D eigenvalue weighted by Gasteiger charge is -2.17. The predicted octanol–water partition coefficient (Wildman–Crippen LogP) is 1.31. The van der Waals surface area contributed by atoms with E-state index in [1.807, 2.05) is 6.92 Å². The Morgan fingerprint density at radius 2 is 2.24 bits per heavy atom. The molecular weight excluding hydrogens is 218 g/mol. The zero-order chi connectivity index (χ0) is 12.8. The Morgan fingerprint density at radius 3 is 2.71 bits per heavy atom. The fraction of sp³-hybridized carbons (Fsp3) is 0.833. The maximum atomic E-state index is 11.9. The lowest BCUT2D eigenvalue weighted by Crippen LogP contribution is -2.40. The van der Waals surface area contributed by atoms with E-state index in [1.54, 1.807) is 0 Å². The summed E-state index contributed by atoms with van der Waals surface area (Å²) in [6.45, 7) is 4.80. The molecule has 1 fully saturated rings. The first-order valence-corrected chi connectivity index (χ1v) is 6.35. The molecular formula is C12H23N3O2. The number of amides is 1. The molecule has 2 unspecified atom stereocenters. The second-order valence-electron chi connectivity index (χ2n) is 4.93. The highest BCUT2D eigenvalue weighted by molar-refractivity contribution is 6.02. The molecule has 0 spiro atoms. The summed E-state index contributed by atoms with van der Waals surface area (Å²) in [5.41, 5.74) is 5.52. The van der Waals surface area contributed by atoms with Crippen LogP contribution in [0.4, 0.5) is 0 Å². The summed E-state index contributed by atoms with van der Waals surface area (Å²) in [4.78, 5) is 11.9. The van der Waals surface area contributed by atoms with Gasteiger partial charge >= 0.3 is 0 Å². The number of nitrogens with one attached hydrogen (secondary N) is 1. The standard InChI is InChI=1S/C12H23N3O2/c1-3-4-10(11(13)15-17)12(16)14-7-8(2)9-5-6-9/h8-10,17H,3-7H2,1-2H3,(H2,13,15)(H,14,16). The van der Waals surface area contributed by atoms with Crippen LogP contribution >= 0.6 is 0 Å². The van der Waals surface area contributed by atoms with Crippen LogP contribution in [-0.4, -0.2) is 23.5 Å². The predicted molar refractivity (Wildman–Crippen MR) is 66.7 cm³/mol. The maximum Gasteiger partial charge on any atom is 0.230 e. The molecule has 1 aliphatic rings. The molecule has 0 aromatic heterocycles. The van der Waals surface area contributed by atoms with Gasteiger partial charge < -0.3 is 16.3 Å². The average Bonchev–Trinajstić information content (AvgIpc) is 3.15. The number of rotatable bonds is 7. The minimum Gasteiger partial charge on any atom is -0.409 e. The molecule has 17 heavy (non-hydrogen) atoms. The van der Waals surface area contributed by atoms with Crippen LogP contribution in [-0.2, 0) is 4.79 Å². The molecule has 2 atom stereocenters. The van der Waals surface area contributed by atoms with Gasteiger partial charge in [0, 0.05) is 6.54 Å². The topological polar surface area (TPSA) is 87.7 Å². The van der Waals surface area contributed by atoms with Crippen molar-refractivity contribution in [1.29, 1.82) is 0 Å². The molecule has 1 saturated carbocycles. The highest BCUT2D eigenvalue weighted by atomic mass is 16.4. The van der Waals surface area contributed by atoms with Gasteiger partial charge in [0.25, 0.3) is 0 Å². The lowest BCUT2D eigenvalue weighted by molar-refractivity contribution is -0.123. The summed E-state index contributed by atoms with van der Waals surface area (Å²) in [6, 6.07) is 0. The normalized spacial score (nSPS) is 19.8. The Labute approximate surface area is 102 Å². The maximum absolute atomic E-state index is 11.9. The molecule has 1 amide bonds. The van der Waals surface area contributed by atoms with Crippen molar-refractivity contribution in [3.8, 4) is 0 Å². The van der Waals surface area contributed by atoms with E-state index < -0.39 is 5.92 Å². The zero-order valence-electron chi connectivity index (χ0n) is 10.6. The summed E-state index contributed by atoms with van der Waals surface area (Å²) < 4.78 is 0. The van der Waals surface area contributed by atoms with Gasteiger partial charge in [-0.3, -0.25) is 4.79 Å². The minimum absolute atomic E-state index is 0.00317. The van der Waals surface area contributed by atoms with E-state index in [4.69, 9.17) is 10.9 Å². The first kappa shape index (κ1) is 13.8. The van der Waals surface area contributed by atoms with Gasteiger partial charge in [-0.15, -0.1) is 0 Å². The Kier molecular flexibility index (Phi) is 5.25. The first-order valence-electron chi connectivity index (χ1n) is 6.35. The van der Waals surface area contributed by atoms with Crippen molar-refractivity contribution in [2.75, 3.05) is 6.54 Å². The average molecular weight is 241 g/mol. The SMILES string of the molecule is CCCC(C(=O)NCC(C)C1CC1)C(N)=NO. The number of hydrogen-bond donors (Lipinski definition) is 3. The number of amidine groups is 1. The van der Waals surface area contributed by atoms with E-state index in [-0.39, 0.29) is 11.7 Å². The fourth-order valence-electron chi connectivity index (χ4n) is 1.99. The minimum atomic E-state index is -0.503. The van der Waals surface area contributed by atoms with Crippen LogP contribution in [0, 0.1) is 17.8 Å². The van der Waals surface area contributed by atoms with Crippen LogP contribution in [0.25, 0.3) is 0 Å². The number of oxime groups is 1. The Hall–Kier alpha value is -1.26. The summed E-state index contributed by atoms with van der Waals surface area (Å²) >= 11 is 0. The van der Waals surface area contributed by atoms with E-state index in [0.717, 1.165) is 12.3 Å².